The lowest BCUT2D eigenvalue weighted by Gasteiger charge is -2.04. The number of nitro groups is 1. The Morgan fingerprint density at radius 1 is 1.20 bits per heavy atom. The van der Waals surface area contributed by atoms with Crippen LogP contribution in [0.25, 0.3) is 33.8 Å². The third kappa shape index (κ3) is 3.92. The predicted molar refractivity (Wildman–Crippen MR) is 119 cm³/mol. The summed E-state index contributed by atoms with van der Waals surface area (Å²) in [5, 5.41) is 24.1. The average Bonchev–Trinajstić information content (AvgIpc) is 3.22. The van der Waals surface area contributed by atoms with E-state index >= 15 is 0 Å². The van der Waals surface area contributed by atoms with Crippen molar-refractivity contribution in [2.75, 3.05) is 0 Å². The van der Waals surface area contributed by atoms with Crippen molar-refractivity contribution in [1.29, 1.82) is 5.26 Å². The molecule has 0 radical (unpaired) electrons. The Morgan fingerprint density at radius 2 is 1.97 bits per heavy atom. The van der Waals surface area contributed by atoms with Gasteiger partial charge in [0.15, 0.2) is 0 Å². The fourth-order valence-corrected chi connectivity index (χ4v) is 3.97. The molecule has 0 aliphatic rings. The van der Waals surface area contributed by atoms with E-state index in [1.807, 2.05) is 36.6 Å². The summed E-state index contributed by atoms with van der Waals surface area (Å²) in [7, 11) is 0. The third-order valence-electron chi connectivity index (χ3n) is 4.48. The number of allylic oxidation sites excluding steroid dienone is 1. The molecule has 0 unspecified atom stereocenters. The van der Waals surface area contributed by atoms with Gasteiger partial charge in [0, 0.05) is 34.0 Å². The van der Waals surface area contributed by atoms with Crippen molar-refractivity contribution < 1.29 is 4.92 Å². The van der Waals surface area contributed by atoms with E-state index in [1.54, 1.807) is 18.2 Å². The van der Waals surface area contributed by atoms with Gasteiger partial charge in [-0.3, -0.25) is 10.1 Å². The Bertz CT molecular complexity index is 1350. The van der Waals surface area contributed by atoms with Crippen LogP contribution < -0.4 is 0 Å². The number of fused-ring (bicyclic) bond motifs is 1. The quantitative estimate of drug-likeness (QED) is 0.163. The Kier molecular flexibility index (Phi) is 5.27. The van der Waals surface area contributed by atoms with Gasteiger partial charge in [0.05, 0.1) is 21.7 Å². The molecular formula is C22H13ClN4O2S. The SMILES string of the molecule is Cc1ccc2nc(Cl)c(/C=C(\C#N)c3nc(-c4ccc([N+](=O)[O-])cc4)cs3)cc2c1. The van der Waals surface area contributed by atoms with Crippen LogP contribution in [-0.2, 0) is 0 Å². The standard InChI is InChI=1S/C22H13ClN4O2S/c1-13-2-7-19-15(8-13)9-16(21(23)25-19)10-17(11-24)22-26-20(12-30-22)14-3-5-18(6-4-14)27(28)29/h2-10,12H,1H3/b17-10+. The number of halogens is 1. The molecule has 2 aromatic heterocycles. The molecule has 6 nitrogen and oxygen atoms in total. The highest BCUT2D eigenvalue weighted by Crippen LogP contribution is 2.30. The van der Waals surface area contributed by atoms with Crippen molar-refractivity contribution in [3.63, 3.8) is 0 Å². The van der Waals surface area contributed by atoms with Crippen LogP contribution in [0.4, 0.5) is 5.69 Å². The van der Waals surface area contributed by atoms with Crippen LogP contribution in [0.3, 0.4) is 0 Å². The predicted octanol–water partition coefficient (Wildman–Crippen LogP) is 6.29. The molecule has 0 atom stereocenters. The molecule has 0 aliphatic heterocycles. The topological polar surface area (TPSA) is 92.7 Å². The molecule has 2 heterocycles. The first-order valence-electron chi connectivity index (χ1n) is 8.84. The second-order valence-electron chi connectivity index (χ2n) is 6.58. The van der Waals surface area contributed by atoms with Gasteiger partial charge < -0.3 is 0 Å². The minimum Gasteiger partial charge on any atom is -0.258 e. The molecule has 0 bridgehead atoms. The van der Waals surface area contributed by atoms with E-state index in [9.17, 15) is 15.4 Å². The molecule has 146 valence electrons. The lowest BCUT2D eigenvalue weighted by Crippen LogP contribution is -1.88. The van der Waals surface area contributed by atoms with Gasteiger partial charge in [-0.05, 0) is 43.3 Å². The molecule has 0 aliphatic carbocycles. The zero-order valence-electron chi connectivity index (χ0n) is 15.7. The lowest BCUT2D eigenvalue weighted by molar-refractivity contribution is -0.384. The van der Waals surface area contributed by atoms with Crippen LogP contribution in [-0.4, -0.2) is 14.9 Å². The van der Waals surface area contributed by atoms with E-state index in [-0.39, 0.29) is 5.69 Å². The molecule has 0 saturated carbocycles. The summed E-state index contributed by atoms with van der Waals surface area (Å²) >= 11 is 7.66. The largest absolute Gasteiger partial charge is 0.269 e. The number of benzene rings is 2. The maximum atomic E-state index is 10.8. The van der Waals surface area contributed by atoms with Crippen molar-refractivity contribution >= 4 is 51.2 Å². The van der Waals surface area contributed by atoms with E-state index in [2.05, 4.69) is 16.0 Å². The van der Waals surface area contributed by atoms with E-state index in [0.29, 0.717) is 27.0 Å². The average molecular weight is 433 g/mol. The molecule has 0 spiro atoms. The van der Waals surface area contributed by atoms with Crippen LogP contribution in [0.2, 0.25) is 5.15 Å². The number of hydrogen-bond donors (Lipinski definition) is 0. The number of thiazole rings is 1. The summed E-state index contributed by atoms with van der Waals surface area (Å²) in [6.07, 6.45) is 1.68. The zero-order chi connectivity index (χ0) is 21.3. The van der Waals surface area contributed by atoms with Crippen molar-refractivity contribution in [1.82, 2.24) is 9.97 Å². The molecule has 4 rings (SSSR count). The molecule has 4 aromatic rings. The van der Waals surface area contributed by atoms with Crippen LogP contribution >= 0.6 is 22.9 Å². The molecule has 0 N–H and O–H groups in total. The summed E-state index contributed by atoms with van der Waals surface area (Å²) in [6, 6.07) is 16.1. The van der Waals surface area contributed by atoms with E-state index in [1.165, 1.54) is 23.5 Å². The summed E-state index contributed by atoms with van der Waals surface area (Å²) in [5.41, 5.74) is 4.29. The number of aromatic nitrogens is 2. The first-order valence-corrected chi connectivity index (χ1v) is 10.1. The highest BCUT2D eigenvalue weighted by atomic mass is 35.5. The van der Waals surface area contributed by atoms with Crippen molar-refractivity contribution in [3.8, 4) is 17.3 Å². The zero-order valence-corrected chi connectivity index (χ0v) is 17.2. The van der Waals surface area contributed by atoms with Crippen LogP contribution in [0, 0.1) is 28.4 Å². The first kappa shape index (κ1) is 19.7. The molecule has 0 saturated heterocycles. The number of nitrogens with zero attached hydrogens (tertiary/aromatic N) is 4. The number of pyridine rings is 1. The molecule has 0 amide bonds. The minimum absolute atomic E-state index is 0.0143. The highest BCUT2D eigenvalue weighted by molar-refractivity contribution is 7.11. The van der Waals surface area contributed by atoms with Gasteiger partial charge in [-0.25, -0.2) is 9.97 Å². The monoisotopic (exact) mass is 432 g/mol. The molecule has 8 heteroatoms. The Morgan fingerprint density at radius 3 is 2.67 bits per heavy atom. The van der Waals surface area contributed by atoms with Crippen LogP contribution in [0.1, 0.15) is 16.1 Å². The van der Waals surface area contributed by atoms with Gasteiger partial charge in [-0.2, -0.15) is 5.26 Å². The molecular weight excluding hydrogens is 420 g/mol. The van der Waals surface area contributed by atoms with Crippen LogP contribution in [0.5, 0.6) is 0 Å². The van der Waals surface area contributed by atoms with Gasteiger partial charge in [-0.1, -0.05) is 23.2 Å². The maximum Gasteiger partial charge on any atom is 0.269 e. The van der Waals surface area contributed by atoms with Crippen molar-refractivity contribution in [2.45, 2.75) is 6.92 Å². The van der Waals surface area contributed by atoms with Gasteiger partial charge >= 0.3 is 0 Å². The second-order valence-corrected chi connectivity index (χ2v) is 7.79. The number of nitriles is 1. The summed E-state index contributed by atoms with van der Waals surface area (Å²) in [5.74, 6) is 0. The Labute approximate surface area is 180 Å². The van der Waals surface area contributed by atoms with Crippen LogP contribution in [0.15, 0.2) is 53.9 Å². The second kappa shape index (κ2) is 8.03. The fourth-order valence-electron chi connectivity index (χ4n) is 2.97. The highest BCUT2D eigenvalue weighted by Gasteiger charge is 2.12. The first-order chi connectivity index (χ1) is 14.4. The third-order valence-corrected chi connectivity index (χ3v) is 5.66. The maximum absolute atomic E-state index is 10.8. The minimum atomic E-state index is -0.449. The summed E-state index contributed by atoms with van der Waals surface area (Å²) in [6.45, 7) is 2.00. The smallest absolute Gasteiger partial charge is 0.258 e. The summed E-state index contributed by atoms with van der Waals surface area (Å²) < 4.78 is 0. The van der Waals surface area contributed by atoms with Gasteiger partial charge in [0.25, 0.3) is 5.69 Å². The van der Waals surface area contributed by atoms with Crippen molar-refractivity contribution in [3.05, 3.63) is 85.3 Å². The number of nitro benzene ring substituents is 1. The van der Waals surface area contributed by atoms with Gasteiger partial charge in [-0.15, -0.1) is 11.3 Å². The number of rotatable bonds is 4. The van der Waals surface area contributed by atoms with E-state index < -0.39 is 4.92 Å². The van der Waals surface area contributed by atoms with Gasteiger partial charge in [0.2, 0.25) is 0 Å². The molecule has 30 heavy (non-hydrogen) atoms. The normalized spacial score (nSPS) is 11.4. The number of hydrogen-bond acceptors (Lipinski definition) is 6. The number of aryl methyl sites for hydroxylation is 1. The molecule has 2 aromatic carbocycles. The summed E-state index contributed by atoms with van der Waals surface area (Å²) in [4.78, 5) is 19.3. The fraction of sp³-hybridized carbons (Fsp3) is 0.0455. The lowest BCUT2D eigenvalue weighted by atomic mass is 10.1. The van der Waals surface area contributed by atoms with Crippen molar-refractivity contribution in [2.24, 2.45) is 0 Å². The van der Waals surface area contributed by atoms with Gasteiger partial charge in [0.1, 0.15) is 16.2 Å². The Hall–Kier alpha value is -3.60. The molecule has 0 fully saturated rings. The van der Waals surface area contributed by atoms with E-state index in [4.69, 9.17) is 11.6 Å². The van der Waals surface area contributed by atoms with E-state index in [0.717, 1.165) is 22.0 Å². The Balaban J connectivity index is 1.70. The number of non-ortho nitro benzene ring substituents is 1.